The fraction of sp³-hybridized carbons (Fsp3) is 0.190. The van der Waals surface area contributed by atoms with Crippen LogP contribution in [0.3, 0.4) is 0 Å². The molecule has 0 unspecified atom stereocenters. The van der Waals surface area contributed by atoms with Gasteiger partial charge in [0.15, 0.2) is 5.13 Å². The third-order valence-corrected chi connectivity index (χ3v) is 6.30. The molecule has 0 saturated carbocycles. The largest absolute Gasteiger partial charge is 0.343 e. The molecule has 156 valence electrons. The third-order valence-electron chi connectivity index (χ3n) is 5.37. The fourth-order valence-corrected chi connectivity index (χ4v) is 4.89. The summed E-state index contributed by atoms with van der Waals surface area (Å²) in [6.07, 6.45) is 0.647. The Hall–Kier alpha value is -3.63. The number of carbonyl (C=O) groups excluding carboxylic acids is 2. The van der Waals surface area contributed by atoms with Crippen molar-refractivity contribution < 1.29 is 14.5 Å². The highest BCUT2D eigenvalue weighted by molar-refractivity contribution is 7.22. The Morgan fingerprint density at radius 1 is 1.19 bits per heavy atom. The summed E-state index contributed by atoms with van der Waals surface area (Å²) in [6, 6.07) is 11.9. The van der Waals surface area contributed by atoms with Gasteiger partial charge in [0, 0.05) is 54.8 Å². The molecule has 10 heteroatoms. The Morgan fingerprint density at radius 2 is 2.03 bits per heavy atom. The third kappa shape index (κ3) is 3.35. The van der Waals surface area contributed by atoms with Crippen LogP contribution in [0.2, 0.25) is 0 Å². The molecule has 0 bridgehead atoms. The molecule has 2 N–H and O–H groups in total. The first-order chi connectivity index (χ1) is 15.0. The summed E-state index contributed by atoms with van der Waals surface area (Å²) in [5, 5.41) is 17.9. The maximum absolute atomic E-state index is 13.2. The number of non-ortho nitro benzene ring substituents is 1. The van der Waals surface area contributed by atoms with Crippen molar-refractivity contribution in [2.24, 2.45) is 0 Å². The molecule has 3 heterocycles. The van der Waals surface area contributed by atoms with Crippen molar-refractivity contribution in [1.29, 1.82) is 0 Å². The maximum atomic E-state index is 13.2. The summed E-state index contributed by atoms with van der Waals surface area (Å²) in [5.74, 6) is -1.39. The lowest BCUT2D eigenvalue weighted by molar-refractivity contribution is -0.384. The van der Waals surface area contributed by atoms with E-state index < -0.39 is 16.6 Å². The minimum Gasteiger partial charge on any atom is -0.343 e. The van der Waals surface area contributed by atoms with Gasteiger partial charge in [-0.25, -0.2) is 4.98 Å². The van der Waals surface area contributed by atoms with Gasteiger partial charge in [0.2, 0.25) is 0 Å². The van der Waals surface area contributed by atoms with E-state index >= 15 is 0 Å². The quantitative estimate of drug-likeness (QED) is 0.220. The maximum Gasteiger partial charge on any atom is 0.298 e. The van der Waals surface area contributed by atoms with Gasteiger partial charge in [0.1, 0.15) is 0 Å². The predicted octanol–water partition coefficient (Wildman–Crippen LogP) is 3.13. The van der Waals surface area contributed by atoms with Gasteiger partial charge in [-0.2, -0.15) is 0 Å². The number of nitrogens with zero attached hydrogens (tertiary/aromatic N) is 3. The lowest BCUT2D eigenvalue weighted by Gasteiger charge is -2.06. The van der Waals surface area contributed by atoms with Crippen LogP contribution in [0.25, 0.3) is 21.1 Å². The predicted molar refractivity (Wildman–Crippen MR) is 118 cm³/mol. The van der Waals surface area contributed by atoms with Gasteiger partial charge in [0.25, 0.3) is 17.4 Å². The van der Waals surface area contributed by atoms with Gasteiger partial charge < -0.3 is 9.88 Å². The van der Waals surface area contributed by atoms with Crippen molar-refractivity contribution in [3.63, 3.8) is 0 Å². The van der Waals surface area contributed by atoms with Gasteiger partial charge in [-0.15, -0.1) is 0 Å². The molecule has 5 rings (SSSR count). The highest BCUT2D eigenvalue weighted by Gasteiger charge is 2.28. The van der Waals surface area contributed by atoms with E-state index in [2.05, 4.69) is 20.2 Å². The molecule has 31 heavy (non-hydrogen) atoms. The number of hydrogen-bond donors (Lipinski definition) is 2. The monoisotopic (exact) mass is 435 g/mol. The second-order valence-corrected chi connectivity index (χ2v) is 8.23. The van der Waals surface area contributed by atoms with E-state index in [1.807, 2.05) is 24.3 Å². The topological polar surface area (TPSA) is 119 Å². The highest BCUT2D eigenvalue weighted by Crippen LogP contribution is 2.31. The zero-order valence-corrected chi connectivity index (χ0v) is 17.1. The zero-order valence-electron chi connectivity index (χ0n) is 16.3. The van der Waals surface area contributed by atoms with Gasteiger partial charge in [0.05, 0.1) is 20.7 Å². The number of nitro groups is 1. The lowest BCUT2D eigenvalue weighted by Crippen LogP contribution is -2.24. The van der Waals surface area contributed by atoms with Gasteiger partial charge in [-0.3, -0.25) is 25.0 Å². The molecular formula is C21H17N5O4S. The van der Waals surface area contributed by atoms with E-state index in [1.165, 1.54) is 18.2 Å². The molecular weight excluding hydrogens is 418 g/mol. The minimum absolute atomic E-state index is 0.0540. The average Bonchev–Trinajstić information content (AvgIpc) is 3.20. The second-order valence-electron chi connectivity index (χ2n) is 7.20. The summed E-state index contributed by atoms with van der Waals surface area (Å²) in [4.78, 5) is 40.8. The van der Waals surface area contributed by atoms with E-state index in [1.54, 1.807) is 0 Å². The smallest absolute Gasteiger partial charge is 0.298 e. The Bertz CT molecular complexity index is 1370. The van der Waals surface area contributed by atoms with E-state index in [4.69, 9.17) is 0 Å². The number of anilines is 1. The van der Waals surface area contributed by atoms with Crippen LogP contribution in [0.5, 0.6) is 0 Å². The Kier molecular flexibility index (Phi) is 4.72. The standard InChI is InChI=1S/C21H17N5O4S/c27-19(18-13-3-1-2-4-15(13)25-10-9-22-8-7-16(18)25)20(28)24-21-23-14-6-5-12(26(29)30)11-17(14)31-21/h1-6,11,22H,7-10H2,(H,23,24,28). The number of nitro benzene ring substituents is 1. The van der Waals surface area contributed by atoms with E-state index in [-0.39, 0.29) is 10.8 Å². The lowest BCUT2D eigenvalue weighted by atomic mass is 10.0. The van der Waals surface area contributed by atoms with Crippen LogP contribution in [0.15, 0.2) is 42.5 Å². The van der Waals surface area contributed by atoms with Gasteiger partial charge in [-0.1, -0.05) is 29.5 Å². The SMILES string of the molecule is O=C(Nc1nc2ccc([N+](=O)[O-])cc2s1)C(=O)c1c2n(c3ccccc13)CCNCC2. The number of nitrogens with one attached hydrogen (secondary N) is 2. The first-order valence-corrected chi connectivity index (χ1v) is 10.6. The van der Waals surface area contributed by atoms with Gasteiger partial charge >= 0.3 is 0 Å². The van der Waals surface area contributed by atoms with Crippen LogP contribution in [0, 0.1) is 10.1 Å². The molecule has 0 saturated heterocycles. The van der Waals surface area contributed by atoms with E-state index in [0.29, 0.717) is 22.2 Å². The Balaban J connectivity index is 1.49. The average molecular weight is 435 g/mol. The van der Waals surface area contributed by atoms with Crippen LogP contribution in [-0.2, 0) is 17.8 Å². The summed E-state index contributed by atoms with van der Waals surface area (Å²) in [6.45, 7) is 2.25. The molecule has 1 aliphatic rings. The number of carbonyl (C=O) groups is 2. The van der Waals surface area contributed by atoms with Crippen molar-refractivity contribution in [3.8, 4) is 0 Å². The first-order valence-electron chi connectivity index (χ1n) is 9.74. The first kappa shape index (κ1) is 19.3. The number of ketones is 1. The molecule has 0 radical (unpaired) electrons. The molecule has 1 amide bonds. The van der Waals surface area contributed by atoms with Crippen molar-refractivity contribution in [1.82, 2.24) is 14.9 Å². The van der Waals surface area contributed by atoms with E-state index in [0.717, 1.165) is 47.6 Å². The van der Waals surface area contributed by atoms with Crippen LogP contribution < -0.4 is 10.6 Å². The molecule has 0 atom stereocenters. The summed E-state index contributed by atoms with van der Waals surface area (Å²) < 4.78 is 2.67. The number of fused-ring (bicyclic) bond motifs is 4. The van der Waals surface area contributed by atoms with Crippen molar-refractivity contribution in [2.75, 3.05) is 18.4 Å². The molecule has 2 aromatic heterocycles. The molecule has 1 aliphatic heterocycles. The van der Waals surface area contributed by atoms with Crippen molar-refractivity contribution >= 4 is 55.0 Å². The van der Waals surface area contributed by atoms with Gasteiger partial charge in [-0.05, 0) is 12.1 Å². The number of Topliss-reactive ketones (excluding diaryl/α,β-unsaturated/α-hetero) is 1. The van der Waals surface area contributed by atoms with Crippen LogP contribution in [0.4, 0.5) is 10.8 Å². The van der Waals surface area contributed by atoms with Crippen LogP contribution in [0.1, 0.15) is 16.1 Å². The molecule has 0 spiro atoms. The molecule has 0 fully saturated rings. The second kappa shape index (κ2) is 7.56. The number of aromatic nitrogens is 2. The zero-order chi connectivity index (χ0) is 21.5. The minimum atomic E-state index is -0.773. The summed E-state index contributed by atoms with van der Waals surface area (Å²) >= 11 is 1.09. The number of benzene rings is 2. The van der Waals surface area contributed by atoms with Crippen LogP contribution >= 0.6 is 11.3 Å². The summed E-state index contributed by atoms with van der Waals surface area (Å²) in [5.41, 5.74) is 2.68. The molecule has 0 aliphatic carbocycles. The number of amides is 1. The Labute approximate surface area is 179 Å². The highest BCUT2D eigenvalue weighted by atomic mass is 32.1. The molecule has 9 nitrogen and oxygen atoms in total. The number of thiazole rings is 1. The Morgan fingerprint density at radius 3 is 2.87 bits per heavy atom. The van der Waals surface area contributed by atoms with E-state index in [9.17, 15) is 19.7 Å². The molecule has 2 aromatic carbocycles. The summed E-state index contributed by atoms with van der Waals surface area (Å²) in [7, 11) is 0. The normalized spacial score (nSPS) is 13.7. The fourth-order valence-electron chi connectivity index (χ4n) is 4.00. The van der Waals surface area contributed by atoms with Crippen molar-refractivity contribution in [3.05, 3.63) is 63.8 Å². The van der Waals surface area contributed by atoms with Crippen LogP contribution in [-0.4, -0.2) is 39.3 Å². The number of rotatable bonds is 4. The van der Waals surface area contributed by atoms with Crippen molar-refractivity contribution in [2.45, 2.75) is 13.0 Å². The molecule has 4 aromatic rings. The number of hydrogen-bond acceptors (Lipinski definition) is 7. The number of para-hydroxylation sites is 1.